The van der Waals surface area contributed by atoms with Crippen molar-refractivity contribution in [2.24, 2.45) is 0 Å². The standard InChI is InChI=1S/C20H18FN3O3S/c1-12(25)22-15-6-4-14(5-7-15)17-11-28-20(23-17)24-19(26)10-13-3-8-18(27-2)16(21)9-13/h3-9,11H,10H2,1-2H3,(H,22,25)(H,23,24,26). The minimum absolute atomic E-state index is 0.0290. The van der Waals surface area contributed by atoms with E-state index in [1.807, 2.05) is 17.5 Å². The number of halogens is 1. The normalized spacial score (nSPS) is 10.4. The third kappa shape index (κ3) is 4.92. The molecule has 0 saturated heterocycles. The predicted molar refractivity (Wildman–Crippen MR) is 107 cm³/mol. The number of nitrogens with one attached hydrogen (secondary N) is 2. The summed E-state index contributed by atoms with van der Waals surface area (Å²) in [7, 11) is 1.39. The smallest absolute Gasteiger partial charge is 0.230 e. The first kappa shape index (κ1) is 19.5. The van der Waals surface area contributed by atoms with Gasteiger partial charge in [0.15, 0.2) is 16.7 Å². The second kappa shape index (κ2) is 8.62. The summed E-state index contributed by atoms with van der Waals surface area (Å²) in [4.78, 5) is 27.7. The van der Waals surface area contributed by atoms with Crippen molar-refractivity contribution in [1.29, 1.82) is 0 Å². The average molecular weight is 399 g/mol. The van der Waals surface area contributed by atoms with E-state index >= 15 is 0 Å². The van der Waals surface area contributed by atoms with E-state index in [0.717, 1.165) is 5.56 Å². The highest BCUT2D eigenvalue weighted by atomic mass is 32.1. The highest BCUT2D eigenvalue weighted by Gasteiger charge is 2.11. The SMILES string of the molecule is COc1ccc(CC(=O)Nc2nc(-c3ccc(NC(C)=O)cc3)cs2)cc1F. The van der Waals surface area contributed by atoms with Crippen LogP contribution in [0, 0.1) is 5.82 Å². The summed E-state index contributed by atoms with van der Waals surface area (Å²) in [5.74, 6) is -0.792. The van der Waals surface area contributed by atoms with Crippen molar-refractivity contribution in [2.45, 2.75) is 13.3 Å². The van der Waals surface area contributed by atoms with Gasteiger partial charge in [0.25, 0.3) is 0 Å². The summed E-state index contributed by atoms with van der Waals surface area (Å²) in [6, 6.07) is 11.7. The Morgan fingerprint density at radius 3 is 2.54 bits per heavy atom. The Morgan fingerprint density at radius 1 is 1.14 bits per heavy atom. The van der Waals surface area contributed by atoms with Crippen molar-refractivity contribution >= 4 is 34.0 Å². The molecule has 8 heteroatoms. The van der Waals surface area contributed by atoms with E-state index in [1.165, 1.54) is 37.5 Å². The first-order chi connectivity index (χ1) is 13.4. The number of nitrogens with zero attached hydrogens (tertiary/aromatic N) is 1. The molecule has 0 aliphatic rings. The molecule has 0 saturated carbocycles. The van der Waals surface area contributed by atoms with Gasteiger partial charge in [0, 0.05) is 23.6 Å². The van der Waals surface area contributed by atoms with Gasteiger partial charge in [-0.25, -0.2) is 9.37 Å². The number of methoxy groups -OCH3 is 1. The van der Waals surface area contributed by atoms with Gasteiger partial charge in [-0.3, -0.25) is 9.59 Å². The molecule has 0 spiro atoms. The molecule has 0 unspecified atom stereocenters. The summed E-state index contributed by atoms with van der Waals surface area (Å²) in [5.41, 5.74) is 2.82. The van der Waals surface area contributed by atoms with Gasteiger partial charge in [-0.05, 0) is 29.8 Å². The lowest BCUT2D eigenvalue weighted by atomic mass is 10.1. The molecule has 0 aliphatic heterocycles. The third-order valence-corrected chi connectivity index (χ3v) is 4.59. The lowest BCUT2D eigenvalue weighted by molar-refractivity contribution is -0.116. The number of ether oxygens (including phenoxy) is 1. The Labute approximate surface area is 165 Å². The number of carbonyl (C=O) groups excluding carboxylic acids is 2. The zero-order valence-corrected chi connectivity index (χ0v) is 16.1. The van der Waals surface area contributed by atoms with Crippen LogP contribution in [0.4, 0.5) is 15.2 Å². The molecular weight excluding hydrogens is 381 g/mol. The molecule has 144 valence electrons. The van der Waals surface area contributed by atoms with E-state index in [1.54, 1.807) is 18.2 Å². The fourth-order valence-corrected chi connectivity index (χ4v) is 3.30. The van der Waals surface area contributed by atoms with Gasteiger partial charge < -0.3 is 15.4 Å². The molecule has 0 atom stereocenters. The van der Waals surface area contributed by atoms with Gasteiger partial charge >= 0.3 is 0 Å². The third-order valence-electron chi connectivity index (χ3n) is 3.83. The molecule has 2 N–H and O–H groups in total. The zero-order chi connectivity index (χ0) is 20.1. The number of hydrogen-bond acceptors (Lipinski definition) is 5. The highest BCUT2D eigenvalue weighted by molar-refractivity contribution is 7.14. The quantitative estimate of drug-likeness (QED) is 0.654. The van der Waals surface area contributed by atoms with Crippen LogP contribution >= 0.6 is 11.3 Å². The van der Waals surface area contributed by atoms with E-state index in [4.69, 9.17) is 4.74 Å². The van der Waals surface area contributed by atoms with Crippen LogP contribution in [0.15, 0.2) is 47.8 Å². The summed E-state index contributed by atoms with van der Waals surface area (Å²) in [6.45, 7) is 1.45. The maximum atomic E-state index is 13.7. The second-order valence-corrected chi connectivity index (χ2v) is 6.85. The van der Waals surface area contributed by atoms with E-state index in [0.29, 0.717) is 22.1 Å². The van der Waals surface area contributed by atoms with Crippen LogP contribution in [-0.2, 0) is 16.0 Å². The highest BCUT2D eigenvalue weighted by Crippen LogP contribution is 2.26. The molecule has 0 radical (unpaired) electrons. The minimum Gasteiger partial charge on any atom is -0.494 e. The van der Waals surface area contributed by atoms with Crippen molar-refractivity contribution in [3.63, 3.8) is 0 Å². The van der Waals surface area contributed by atoms with Crippen molar-refractivity contribution < 1.29 is 18.7 Å². The number of hydrogen-bond donors (Lipinski definition) is 2. The summed E-state index contributed by atoms with van der Waals surface area (Å²) in [5, 5.41) is 7.71. The molecule has 3 rings (SSSR count). The van der Waals surface area contributed by atoms with E-state index in [9.17, 15) is 14.0 Å². The van der Waals surface area contributed by atoms with Crippen LogP contribution in [0.3, 0.4) is 0 Å². The fraction of sp³-hybridized carbons (Fsp3) is 0.150. The number of aromatic nitrogens is 1. The van der Waals surface area contributed by atoms with Gasteiger partial charge in [-0.2, -0.15) is 0 Å². The first-order valence-electron chi connectivity index (χ1n) is 8.40. The lowest BCUT2D eigenvalue weighted by Crippen LogP contribution is -2.14. The maximum absolute atomic E-state index is 13.7. The van der Waals surface area contributed by atoms with Gasteiger partial charge in [0.1, 0.15) is 0 Å². The average Bonchev–Trinajstić information content (AvgIpc) is 3.10. The largest absolute Gasteiger partial charge is 0.494 e. The van der Waals surface area contributed by atoms with Gasteiger partial charge in [-0.15, -0.1) is 11.3 Å². The van der Waals surface area contributed by atoms with E-state index in [2.05, 4.69) is 15.6 Å². The number of carbonyl (C=O) groups is 2. The van der Waals surface area contributed by atoms with Crippen LogP contribution in [0.5, 0.6) is 5.75 Å². The second-order valence-electron chi connectivity index (χ2n) is 5.99. The summed E-state index contributed by atoms with van der Waals surface area (Å²) in [6.07, 6.45) is 0.0290. The van der Waals surface area contributed by atoms with Crippen LogP contribution in [0.25, 0.3) is 11.3 Å². The number of thiazole rings is 1. The molecular formula is C20H18FN3O3S. The molecule has 2 aromatic carbocycles. The monoisotopic (exact) mass is 399 g/mol. The Morgan fingerprint density at radius 2 is 1.89 bits per heavy atom. The molecule has 0 aliphatic carbocycles. The maximum Gasteiger partial charge on any atom is 0.230 e. The fourth-order valence-electron chi connectivity index (χ4n) is 2.56. The lowest BCUT2D eigenvalue weighted by Gasteiger charge is -2.05. The van der Waals surface area contributed by atoms with Gasteiger partial charge in [0.05, 0.1) is 19.2 Å². The number of amides is 2. The Kier molecular flexibility index (Phi) is 6.00. The molecule has 2 amide bonds. The molecule has 1 aromatic heterocycles. The molecule has 6 nitrogen and oxygen atoms in total. The first-order valence-corrected chi connectivity index (χ1v) is 9.28. The van der Waals surface area contributed by atoms with Crippen LogP contribution in [0.1, 0.15) is 12.5 Å². The molecule has 3 aromatic rings. The van der Waals surface area contributed by atoms with Crippen molar-refractivity contribution in [3.8, 4) is 17.0 Å². The number of benzene rings is 2. The van der Waals surface area contributed by atoms with Crippen LogP contribution in [-0.4, -0.2) is 23.9 Å². The molecule has 0 bridgehead atoms. The van der Waals surface area contributed by atoms with E-state index < -0.39 is 5.82 Å². The molecule has 28 heavy (non-hydrogen) atoms. The van der Waals surface area contributed by atoms with Crippen molar-refractivity contribution in [1.82, 2.24) is 4.98 Å². The zero-order valence-electron chi connectivity index (χ0n) is 15.3. The Balaban J connectivity index is 1.63. The minimum atomic E-state index is -0.507. The Hall–Kier alpha value is -3.26. The summed E-state index contributed by atoms with van der Waals surface area (Å²) >= 11 is 1.30. The van der Waals surface area contributed by atoms with E-state index in [-0.39, 0.29) is 24.0 Å². The van der Waals surface area contributed by atoms with Crippen LogP contribution < -0.4 is 15.4 Å². The Bertz CT molecular complexity index is 1000. The number of rotatable bonds is 6. The van der Waals surface area contributed by atoms with Gasteiger partial charge in [-0.1, -0.05) is 18.2 Å². The molecule has 0 fully saturated rings. The summed E-state index contributed by atoms with van der Waals surface area (Å²) < 4.78 is 18.6. The molecule has 1 heterocycles. The van der Waals surface area contributed by atoms with Crippen molar-refractivity contribution in [3.05, 3.63) is 59.2 Å². The predicted octanol–water partition coefficient (Wildman–Crippen LogP) is 4.10. The van der Waals surface area contributed by atoms with Crippen molar-refractivity contribution in [2.75, 3.05) is 17.7 Å². The number of anilines is 2. The van der Waals surface area contributed by atoms with Crippen LogP contribution in [0.2, 0.25) is 0 Å². The van der Waals surface area contributed by atoms with Gasteiger partial charge in [0.2, 0.25) is 11.8 Å². The topological polar surface area (TPSA) is 80.3 Å².